The van der Waals surface area contributed by atoms with Gasteiger partial charge >= 0.3 is 5.97 Å². The molecule has 0 spiro atoms. The molecule has 0 aromatic carbocycles. The normalized spacial score (nSPS) is 11.8. The Bertz CT molecular complexity index is 357. The molecular formula is C24H50NO4+. The molecule has 0 bridgehead atoms. The molecule has 0 heterocycles. The number of aliphatic hydroxyl groups excluding tert-OH is 2. The summed E-state index contributed by atoms with van der Waals surface area (Å²) in [7, 11) is 0. The highest BCUT2D eigenvalue weighted by atomic mass is 16.4. The topological polar surface area (TPSA) is 77.8 Å². The third-order valence-corrected chi connectivity index (χ3v) is 6.11. The molecule has 174 valence electrons. The van der Waals surface area contributed by atoms with E-state index in [0.717, 1.165) is 19.4 Å². The Hall–Kier alpha value is -0.650. The van der Waals surface area contributed by atoms with Gasteiger partial charge in [-0.25, -0.2) is 4.79 Å². The largest absolute Gasteiger partial charge is 0.477 e. The lowest BCUT2D eigenvalue weighted by atomic mass is 10.0. The minimum Gasteiger partial charge on any atom is -0.477 e. The number of hydrogen-bond acceptors (Lipinski definition) is 3. The van der Waals surface area contributed by atoms with Crippen molar-refractivity contribution in [2.45, 2.75) is 110 Å². The van der Waals surface area contributed by atoms with Gasteiger partial charge in [0.2, 0.25) is 0 Å². The van der Waals surface area contributed by atoms with Crippen LogP contribution in [0.15, 0.2) is 0 Å². The van der Waals surface area contributed by atoms with Gasteiger partial charge in [-0.3, -0.25) is 0 Å². The van der Waals surface area contributed by atoms with Crippen LogP contribution >= 0.6 is 0 Å². The lowest BCUT2D eigenvalue weighted by Gasteiger charge is -2.36. The maximum absolute atomic E-state index is 11.2. The van der Waals surface area contributed by atoms with Gasteiger partial charge in [0.25, 0.3) is 0 Å². The van der Waals surface area contributed by atoms with E-state index in [9.17, 15) is 15.0 Å². The molecular weight excluding hydrogens is 366 g/mol. The number of rotatable bonds is 23. The van der Waals surface area contributed by atoms with Crippen LogP contribution in [0.1, 0.15) is 110 Å². The van der Waals surface area contributed by atoms with Crippen molar-refractivity contribution in [3.8, 4) is 0 Å². The van der Waals surface area contributed by atoms with Crippen molar-refractivity contribution in [1.82, 2.24) is 0 Å². The van der Waals surface area contributed by atoms with E-state index in [1.807, 2.05) is 0 Å². The third-order valence-electron chi connectivity index (χ3n) is 6.11. The van der Waals surface area contributed by atoms with E-state index in [1.165, 1.54) is 89.9 Å². The molecule has 29 heavy (non-hydrogen) atoms. The van der Waals surface area contributed by atoms with E-state index in [2.05, 4.69) is 6.92 Å². The van der Waals surface area contributed by atoms with Gasteiger partial charge in [0.1, 0.15) is 13.1 Å². The summed E-state index contributed by atoms with van der Waals surface area (Å²) in [6.07, 6.45) is 21.1. The van der Waals surface area contributed by atoms with Crippen molar-refractivity contribution in [3.05, 3.63) is 0 Å². The number of nitrogens with zero attached hydrogens (tertiary/aromatic N) is 1. The second-order valence-corrected chi connectivity index (χ2v) is 8.81. The summed E-state index contributed by atoms with van der Waals surface area (Å²) in [5, 5.41) is 27.7. The number of aliphatic hydroxyl groups is 2. The van der Waals surface area contributed by atoms with E-state index >= 15 is 0 Å². The summed E-state index contributed by atoms with van der Waals surface area (Å²) < 4.78 is 0.293. The standard InChI is InChI=1S/C24H49NO4/c1-2-3-4-5-6-7-8-9-10-11-12-13-14-15-16-17-18-25(19-21-26,20-22-27)23-24(28)29/h26-27H,2-23H2,1H3/p+1. The molecule has 5 nitrogen and oxygen atoms in total. The Morgan fingerprint density at radius 2 is 0.931 bits per heavy atom. The molecule has 0 aromatic heterocycles. The predicted molar refractivity (Wildman–Crippen MR) is 121 cm³/mol. The predicted octanol–water partition coefficient (Wildman–Crippen LogP) is 5.13. The Balaban J connectivity index is 3.57. The number of quaternary nitrogens is 1. The summed E-state index contributed by atoms with van der Waals surface area (Å²) in [4.78, 5) is 11.2. The van der Waals surface area contributed by atoms with Crippen molar-refractivity contribution < 1.29 is 24.6 Å². The van der Waals surface area contributed by atoms with Gasteiger partial charge in [-0.1, -0.05) is 96.8 Å². The van der Waals surface area contributed by atoms with E-state index in [1.54, 1.807) is 0 Å². The van der Waals surface area contributed by atoms with Gasteiger partial charge in [-0.05, 0) is 12.8 Å². The molecule has 0 aliphatic rings. The van der Waals surface area contributed by atoms with Crippen molar-refractivity contribution in [2.75, 3.05) is 39.4 Å². The summed E-state index contributed by atoms with van der Waals surface area (Å²) in [5.74, 6) is -0.858. The molecule has 5 heteroatoms. The van der Waals surface area contributed by atoms with Gasteiger partial charge in [-0.2, -0.15) is 0 Å². The van der Waals surface area contributed by atoms with E-state index in [0.29, 0.717) is 17.6 Å². The van der Waals surface area contributed by atoms with Crippen molar-refractivity contribution in [2.24, 2.45) is 0 Å². The first-order valence-electron chi connectivity index (χ1n) is 12.4. The first kappa shape index (κ1) is 28.4. The number of hydrogen-bond donors (Lipinski definition) is 3. The fraction of sp³-hybridized carbons (Fsp3) is 0.958. The van der Waals surface area contributed by atoms with Crippen LogP contribution in [0.25, 0.3) is 0 Å². The number of carboxylic acid groups (broad SMARTS) is 1. The fourth-order valence-electron chi connectivity index (χ4n) is 4.28. The molecule has 0 amide bonds. The maximum Gasteiger partial charge on any atom is 0.359 e. The summed E-state index contributed by atoms with van der Waals surface area (Å²) in [6.45, 7) is 3.73. The lowest BCUT2D eigenvalue weighted by Crippen LogP contribution is -2.55. The zero-order valence-corrected chi connectivity index (χ0v) is 19.3. The van der Waals surface area contributed by atoms with Crippen LogP contribution in [0.2, 0.25) is 0 Å². The molecule has 0 atom stereocenters. The van der Waals surface area contributed by atoms with Crippen LogP contribution in [-0.4, -0.2) is 65.2 Å². The second kappa shape index (κ2) is 20.6. The molecule has 0 saturated carbocycles. The maximum atomic E-state index is 11.2. The van der Waals surface area contributed by atoms with E-state index in [-0.39, 0.29) is 19.8 Å². The zero-order chi connectivity index (χ0) is 21.6. The molecule has 0 radical (unpaired) electrons. The van der Waals surface area contributed by atoms with Crippen LogP contribution in [0.4, 0.5) is 0 Å². The highest BCUT2D eigenvalue weighted by Gasteiger charge is 2.29. The average Bonchev–Trinajstić information content (AvgIpc) is 2.67. The SMILES string of the molecule is CCCCCCCCCCCCCCCCCC[N+](CCO)(CCO)CC(=O)O. The second-order valence-electron chi connectivity index (χ2n) is 8.81. The van der Waals surface area contributed by atoms with Crippen LogP contribution < -0.4 is 0 Å². The first-order valence-corrected chi connectivity index (χ1v) is 12.4. The van der Waals surface area contributed by atoms with Gasteiger partial charge in [0.05, 0.1) is 19.8 Å². The zero-order valence-electron chi connectivity index (χ0n) is 19.3. The fourth-order valence-corrected chi connectivity index (χ4v) is 4.28. The molecule has 0 aliphatic heterocycles. The number of unbranched alkanes of at least 4 members (excludes halogenated alkanes) is 15. The van der Waals surface area contributed by atoms with Crippen LogP contribution in [0.5, 0.6) is 0 Å². The number of aliphatic carboxylic acids is 1. The summed E-state index contributed by atoms with van der Waals surface area (Å²) in [6, 6.07) is 0. The molecule has 3 N–H and O–H groups in total. The average molecular weight is 417 g/mol. The van der Waals surface area contributed by atoms with E-state index < -0.39 is 5.97 Å². The highest BCUT2D eigenvalue weighted by Crippen LogP contribution is 2.15. The van der Waals surface area contributed by atoms with Crippen molar-refractivity contribution in [3.63, 3.8) is 0 Å². The minimum atomic E-state index is -0.858. The highest BCUT2D eigenvalue weighted by molar-refractivity contribution is 5.67. The first-order chi connectivity index (χ1) is 14.1. The van der Waals surface area contributed by atoms with Gasteiger partial charge in [0.15, 0.2) is 6.54 Å². The van der Waals surface area contributed by atoms with Crippen molar-refractivity contribution in [1.29, 1.82) is 0 Å². The van der Waals surface area contributed by atoms with E-state index in [4.69, 9.17) is 5.11 Å². The monoisotopic (exact) mass is 416 g/mol. The Labute approximate surface area is 180 Å². The smallest absolute Gasteiger partial charge is 0.359 e. The molecule has 0 aromatic rings. The van der Waals surface area contributed by atoms with Crippen LogP contribution in [-0.2, 0) is 4.79 Å². The minimum absolute atomic E-state index is 0.0140. The third kappa shape index (κ3) is 17.9. The Morgan fingerprint density at radius 3 is 1.24 bits per heavy atom. The molecule has 0 aliphatic carbocycles. The Kier molecular flexibility index (Phi) is 20.2. The van der Waals surface area contributed by atoms with Crippen LogP contribution in [0, 0.1) is 0 Å². The van der Waals surface area contributed by atoms with Crippen LogP contribution in [0.3, 0.4) is 0 Å². The van der Waals surface area contributed by atoms with Gasteiger partial charge in [0, 0.05) is 0 Å². The van der Waals surface area contributed by atoms with Gasteiger partial charge in [-0.15, -0.1) is 0 Å². The molecule has 0 saturated heterocycles. The molecule has 0 fully saturated rings. The number of carboxylic acids is 1. The quantitative estimate of drug-likeness (QED) is 0.159. The van der Waals surface area contributed by atoms with Crippen molar-refractivity contribution >= 4 is 5.97 Å². The lowest BCUT2D eigenvalue weighted by molar-refractivity contribution is -0.922. The summed E-state index contributed by atoms with van der Waals surface area (Å²) >= 11 is 0. The molecule has 0 unspecified atom stereocenters. The number of carbonyl (C=O) groups is 1. The molecule has 0 rings (SSSR count). The summed E-state index contributed by atoms with van der Waals surface area (Å²) in [5.41, 5.74) is 0. The Morgan fingerprint density at radius 1 is 0.586 bits per heavy atom. The van der Waals surface area contributed by atoms with Gasteiger partial charge < -0.3 is 19.8 Å².